The Hall–Kier alpha value is -1.30. The quantitative estimate of drug-likeness (QED) is 0.787. The summed E-state index contributed by atoms with van der Waals surface area (Å²) in [5.74, 6) is 1.47. The van der Waals surface area contributed by atoms with Crippen molar-refractivity contribution in [3.05, 3.63) is 23.8 Å². The Bertz CT molecular complexity index is 597. The van der Waals surface area contributed by atoms with Gasteiger partial charge in [0, 0.05) is 25.0 Å². The molecular formula is C20H31ClN2O3. The van der Waals surface area contributed by atoms with Crippen LogP contribution in [0.15, 0.2) is 18.2 Å². The van der Waals surface area contributed by atoms with E-state index in [1.54, 1.807) is 0 Å². The van der Waals surface area contributed by atoms with Gasteiger partial charge in [0.15, 0.2) is 0 Å². The van der Waals surface area contributed by atoms with Crippen LogP contribution in [0.1, 0.15) is 44.6 Å². The fourth-order valence-electron chi connectivity index (χ4n) is 3.67. The van der Waals surface area contributed by atoms with E-state index in [-0.39, 0.29) is 18.3 Å². The highest BCUT2D eigenvalue weighted by atomic mass is 35.5. The molecule has 0 aromatic heterocycles. The van der Waals surface area contributed by atoms with Crippen molar-refractivity contribution >= 4 is 24.0 Å². The average Bonchev–Trinajstić information content (AvgIpc) is 3.13. The number of carbonyl (C=O) groups is 1. The second kappa shape index (κ2) is 9.58. The number of benzene rings is 1. The fourth-order valence-corrected chi connectivity index (χ4v) is 3.67. The Balaban J connectivity index is 0.00000243. The number of aryl methyl sites for hydroxylation is 1. The Morgan fingerprint density at radius 3 is 2.81 bits per heavy atom. The zero-order valence-corrected chi connectivity index (χ0v) is 16.6. The van der Waals surface area contributed by atoms with Crippen LogP contribution in [0.25, 0.3) is 0 Å². The molecule has 5 nitrogen and oxygen atoms in total. The Labute approximate surface area is 162 Å². The lowest BCUT2D eigenvalue weighted by molar-refractivity contribution is -0.122. The van der Waals surface area contributed by atoms with Gasteiger partial charge in [0.1, 0.15) is 5.75 Å². The van der Waals surface area contributed by atoms with E-state index >= 15 is 0 Å². The topological polar surface area (TPSA) is 59.6 Å². The van der Waals surface area contributed by atoms with E-state index in [4.69, 9.17) is 9.47 Å². The van der Waals surface area contributed by atoms with Gasteiger partial charge in [0.25, 0.3) is 0 Å². The molecule has 1 aromatic carbocycles. The first-order chi connectivity index (χ1) is 12.1. The van der Waals surface area contributed by atoms with Gasteiger partial charge in [-0.2, -0.15) is 0 Å². The molecule has 2 saturated heterocycles. The van der Waals surface area contributed by atoms with E-state index in [2.05, 4.69) is 17.6 Å². The third-order valence-corrected chi connectivity index (χ3v) is 5.54. The maximum absolute atomic E-state index is 12.7. The summed E-state index contributed by atoms with van der Waals surface area (Å²) < 4.78 is 11.5. The van der Waals surface area contributed by atoms with Crippen LogP contribution in [-0.4, -0.2) is 37.8 Å². The zero-order valence-electron chi connectivity index (χ0n) is 15.8. The van der Waals surface area contributed by atoms with Crippen LogP contribution in [0, 0.1) is 12.8 Å². The predicted molar refractivity (Wildman–Crippen MR) is 106 cm³/mol. The van der Waals surface area contributed by atoms with Crippen molar-refractivity contribution in [3.63, 3.8) is 0 Å². The van der Waals surface area contributed by atoms with Gasteiger partial charge in [-0.15, -0.1) is 12.4 Å². The molecule has 0 spiro atoms. The van der Waals surface area contributed by atoms with Crippen LogP contribution >= 0.6 is 12.4 Å². The van der Waals surface area contributed by atoms with E-state index in [0.717, 1.165) is 68.9 Å². The van der Waals surface area contributed by atoms with E-state index in [9.17, 15) is 4.79 Å². The highest BCUT2D eigenvalue weighted by Crippen LogP contribution is 2.28. The number of halogens is 1. The van der Waals surface area contributed by atoms with E-state index in [0.29, 0.717) is 12.5 Å². The Morgan fingerprint density at radius 2 is 2.15 bits per heavy atom. The molecule has 0 aliphatic carbocycles. The van der Waals surface area contributed by atoms with Crippen LogP contribution < -0.4 is 15.4 Å². The van der Waals surface area contributed by atoms with Gasteiger partial charge in [0.05, 0.1) is 12.1 Å². The number of anilines is 1. The second-order valence-corrected chi connectivity index (χ2v) is 7.27. The minimum Gasteiger partial charge on any atom is -0.493 e. The summed E-state index contributed by atoms with van der Waals surface area (Å²) in [4.78, 5) is 12.7. The van der Waals surface area contributed by atoms with Crippen molar-refractivity contribution in [1.82, 2.24) is 5.32 Å². The normalized spacial score (nSPS) is 23.3. The molecule has 3 rings (SSSR count). The highest BCUT2D eigenvalue weighted by molar-refractivity contribution is 5.98. The Kier molecular flexibility index (Phi) is 7.74. The van der Waals surface area contributed by atoms with Gasteiger partial charge in [-0.1, -0.05) is 13.0 Å². The predicted octanol–water partition coefficient (Wildman–Crippen LogP) is 3.69. The SMILES string of the molecule is CCC1(C(=O)Nc2ccc(C)c(OCC3CCOCC3)c2)CCCN1.Cl. The summed E-state index contributed by atoms with van der Waals surface area (Å²) in [5, 5.41) is 6.46. The summed E-state index contributed by atoms with van der Waals surface area (Å²) in [6.07, 6.45) is 4.86. The number of nitrogens with one attached hydrogen (secondary N) is 2. The van der Waals surface area contributed by atoms with Crippen molar-refractivity contribution in [2.45, 2.75) is 51.5 Å². The molecule has 0 saturated carbocycles. The molecule has 0 bridgehead atoms. The lowest BCUT2D eigenvalue weighted by atomic mass is 9.93. The maximum Gasteiger partial charge on any atom is 0.244 e. The molecule has 2 aliphatic heterocycles. The molecule has 1 amide bonds. The first-order valence-corrected chi connectivity index (χ1v) is 9.50. The van der Waals surface area contributed by atoms with E-state index in [1.165, 1.54) is 0 Å². The molecule has 6 heteroatoms. The first kappa shape index (κ1) is 21.0. The molecule has 26 heavy (non-hydrogen) atoms. The van der Waals surface area contributed by atoms with Gasteiger partial charge in [-0.3, -0.25) is 4.79 Å². The van der Waals surface area contributed by atoms with Gasteiger partial charge >= 0.3 is 0 Å². The molecule has 1 aromatic rings. The number of hydrogen-bond acceptors (Lipinski definition) is 4. The number of amides is 1. The van der Waals surface area contributed by atoms with Crippen molar-refractivity contribution < 1.29 is 14.3 Å². The maximum atomic E-state index is 12.7. The summed E-state index contributed by atoms with van der Waals surface area (Å²) >= 11 is 0. The zero-order chi connectivity index (χ0) is 17.7. The number of ether oxygens (including phenoxy) is 2. The monoisotopic (exact) mass is 382 g/mol. The third kappa shape index (κ3) is 4.90. The van der Waals surface area contributed by atoms with Gasteiger partial charge in [-0.05, 0) is 63.1 Å². The molecule has 2 fully saturated rings. The smallest absolute Gasteiger partial charge is 0.244 e. The molecule has 2 heterocycles. The molecule has 2 aliphatic rings. The minimum atomic E-state index is -0.423. The van der Waals surface area contributed by atoms with E-state index < -0.39 is 5.54 Å². The van der Waals surface area contributed by atoms with Crippen molar-refractivity contribution in [1.29, 1.82) is 0 Å². The average molecular weight is 383 g/mol. The summed E-state index contributed by atoms with van der Waals surface area (Å²) in [7, 11) is 0. The fraction of sp³-hybridized carbons (Fsp3) is 0.650. The molecular weight excluding hydrogens is 352 g/mol. The molecule has 146 valence electrons. The lowest BCUT2D eigenvalue weighted by Crippen LogP contribution is -2.50. The second-order valence-electron chi connectivity index (χ2n) is 7.27. The molecule has 0 radical (unpaired) electrons. The van der Waals surface area contributed by atoms with Crippen molar-refractivity contribution in [2.24, 2.45) is 5.92 Å². The lowest BCUT2D eigenvalue weighted by Gasteiger charge is -2.27. The minimum absolute atomic E-state index is 0. The largest absolute Gasteiger partial charge is 0.493 e. The van der Waals surface area contributed by atoms with Gasteiger partial charge in [-0.25, -0.2) is 0 Å². The molecule has 1 unspecified atom stereocenters. The standard InChI is InChI=1S/C20H30N2O3.ClH/c1-3-20(9-4-10-21-20)19(23)22-17-6-5-15(2)18(13-17)25-14-16-7-11-24-12-8-16;/h5-6,13,16,21H,3-4,7-12,14H2,1-2H3,(H,22,23);1H. The summed E-state index contributed by atoms with van der Waals surface area (Å²) in [5.41, 5.74) is 1.47. The molecule has 1 atom stereocenters. The van der Waals surface area contributed by atoms with Gasteiger partial charge < -0.3 is 20.1 Å². The van der Waals surface area contributed by atoms with Crippen LogP contribution in [0.3, 0.4) is 0 Å². The first-order valence-electron chi connectivity index (χ1n) is 9.50. The summed E-state index contributed by atoms with van der Waals surface area (Å²) in [6.45, 7) is 7.38. The number of carbonyl (C=O) groups excluding carboxylic acids is 1. The van der Waals surface area contributed by atoms with Crippen molar-refractivity contribution in [2.75, 3.05) is 31.7 Å². The summed E-state index contributed by atoms with van der Waals surface area (Å²) in [6, 6.07) is 5.91. The number of rotatable bonds is 6. The van der Waals surface area contributed by atoms with Gasteiger partial charge in [0.2, 0.25) is 5.91 Å². The van der Waals surface area contributed by atoms with Crippen LogP contribution in [-0.2, 0) is 9.53 Å². The molecule has 2 N–H and O–H groups in total. The van der Waals surface area contributed by atoms with Crippen LogP contribution in [0.5, 0.6) is 5.75 Å². The highest BCUT2D eigenvalue weighted by Gasteiger charge is 2.39. The van der Waals surface area contributed by atoms with Crippen LogP contribution in [0.4, 0.5) is 5.69 Å². The third-order valence-electron chi connectivity index (χ3n) is 5.54. The van der Waals surface area contributed by atoms with Crippen molar-refractivity contribution in [3.8, 4) is 5.75 Å². The number of hydrogen-bond donors (Lipinski definition) is 2. The Morgan fingerprint density at radius 1 is 1.38 bits per heavy atom. The van der Waals surface area contributed by atoms with Crippen LogP contribution in [0.2, 0.25) is 0 Å². The van der Waals surface area contributed by atoms with E-state index in [1.807, 2.05) is 25.1 Å².